The van der Waals surface area contributed by atoms with Crippen molar-refractivity contribution in [1.82, 2.24) is 14.3 Å². The molecule has 2 heterocycles. The van der Waals surface area contributed by atoms with Gasteiger partial charge in [0.2, 0.25) is 5.43 Å². The molecule has 1 aliphatic heterocycles. The number of amides is 1. The quantitative estimate of drug-likeness (QED) is 0.240. The number of hydrogen-bond donors (Lipinski definition) is 4. The maximum Gasteiger partial charge on any atom is 0.278 e. The van der Waals surface area contributed by atoms with E-state index >= 15 is 0 Å². The number of aromatic hydroxyl groups is 1. The van der Waals surface area contributed by atoms with Gasteiger partial charge in [-0.3, -0.25) is 34.8 Å². The number of benzene rings is 1. The molecule has 1 aliphatic carbocycles. The lowest BCUT2D eigenvalue weighted by Gasteiger charge is -2.56. The van der Waals surface area contributed by atoms with Crippen molar-refractivity contribution in [3.05, 3.63) is 63.1 Å². The second-order valence-electron chi connectivity index (χ2n) is 9.33. The van der Waals surface area contributed by atoms with Crippen LogP contribution in [0.5, 0.6) is 5.75 Å². The smallest absolute Gasteiger partial charge is 0.278 e. The molecular formula is C25H30F2N6O3S2. The van der Waals surface area contributed by atoms with E-state index in [1.165, 1.54) is 16.9 Å². The highest BCUT2D eigenvalue weighted by Gasteiger charge is 2.51. The molecule has 9 nitrogen and oxygen atoms in total. The molecular weight excluding hydrogens is 534 g/mol. The number of carbonyl (C=O) groups excluding carboxylic acids is 1. The Bertz CT molecular complexity index is 1340. The number of fused-ring (bicyclic) bond motifs is 1. The summed E-state index contributed by atoms with van der Waals surface area (Å²) in [5.74, 6) is -2.75. The zero-order valence-corrected chi connectivity index (χ0v) is 22.9. The van der Waals surface area contributed by atoms with Gasteiger partial charge >= 0.3 is 0 Å². The van der Waals surface area contributed by atoms with E-state index in [9.17, 15) is 23.5 Å². The van der Waals surface area contributed by atoms with E-state index in [0.717, 1.165) is 25.0 Å². The Morgan fingerprint density at radius 1 is 1.24 bits per heavy atom. The number of aromatic nitrogens is 1. The molecule has 0 saturated heterocycles. The SMILES string of the molecule is CCN1C(=O)c2c(O)c(=O)c(C(=N)SC(=N)Cc3ccc(F)cc3F)cn2N(C)C12CCC(NSC)CC2. The number of nitrogens with one attached hydrogen (secondary N) is 3. The number of thioether (sulfide) groups is 1. The largest absolute Gasteiger partial charge is 0.502 e. The number of carbonyl (C=O) groups is 1. The van der Waals surface area contributed by atoms with Crippen LogP contribution in [0.2, 0.25) is 0 Å². The van der Waals surface area contributed by atoms with Crippen LogP contribution in [0.25, 0.3) is 0 Å². The maximum atomic E-state index is 14.0. The molecule has 4 rings (SSSR count). The first-order valence-corrected chi connectivity index (χ1v) is 14.2. The van der Waals surface area contributed by atoms with Crippen LogP contribution in [0, 0.1) is 22.5 Å². The average molecular weight is 565 g/mol. The van der Waals surface area contributed by atoms with Crippen molar-refractivity contribution in [3.8, 4) is 5.75 Å². The van der Waals surface area contributed by atoms with Crippen molar-refractivity contribution in [2.75, 3.05) is 24.9 Å². The summed E-state index contributed by atoms with van der Waals surface area (Å²) >= 11 is 2.19. The molecule has 2 aliphatic rings. The highest BCUT2D eigenvalue weighted by Crippen LogP contribution is 2.40. The molecule has 0 atom stereocenters. The van der Waals surface area contributed by atoms with E-state index < -0.39 is 34.4 Å². The van der Waals surface area contributed by atoms with Gasteiger partial charge in [0.05, 0.1) is 10.6 Å². The predicted molar refractivity (Wildman–Crippen MR) is 147 cm³/mol. The number of pyridine rings is 1. The third kappa shape index (κ3) is 4.94. The predicted octanol–water partition coefficient (Wildman–Crippen LogP) is 3.66. The number of nitrogens with zero attached hydrogens (tertiary/aromatic N) is 3. The fourth-order valence-corrected chi connectivity index (χ4v) is 6.63. The van der Waals surface area contributed by atoms with Gasteiger partial charge in [-0.2, -0.15) is 0 Å². The fraction of sp³-hybridized carbons (Fsp3) is 0.440. The van der Waals surface area contributed by atoms with E-state index in [0.29, 0.717) is 37.2 Å². The average Bonchev–Trinajstić information content (AvgIpc) is 2.87. The van der Waals surface area contributed by atoms with Crippen molar-refractivity contribution >= 4 is 39.7 Å². The molecule has 204 valence electrons. The molecule has 0 unspecified atom stereocenters. The maximum absolute atomic E-state index is 14.0. The van der Waals surface area contributed by atoms with Gasteiger partial charge in [-0.25, -0.2) is 8.78 Å². The molecule has 38 heavy (non-hydrogen) atoms. The number of hydrogen-bond acceptors (Lipinski definition) is 9. The standard InChI is InChI=1S/C25H30F2N6O3S2/c1-4-32-24(36)20-22(35)21(34)17(23(29)38-19(28)11-14-5-6-15(26)12-18(14)27)13-33(20)31(2)25(32)9-7-16(8-10-25)30-37-3/h5-6,12-13,16,28-30,35H,4,7-11H2,1-3H3. The van der Waals surface area contributed by atoms with Gasteiger partial charge in [-0.05, 0) is 50.5 Å². The zero-order chi connectivity index (χ0) is 27.8. The van der Waals surface area contributed by atoms with E-state index in [4.69, 9.17) is 10.8 Å². The summed E-state index contributed by atoms with van der Waals surface area (Å²) in [6.45, 7) is 2.25. The fourth-order valence-electron chi connectivity index (χ4n) is 5.33. The summed E-state index contributed by atoms with van der Waals surface area (Å²) in [6.07, 6.45) is 6.12. The van der Waals surface area contributed by atoms with Gasteiger partial charge in [0.1, 0.15) is 22.3 Å². The lowest BCUT2D eigenvalue weighted by atomic mass is 9.83. The summed E-state index contributed by atoms with van der Waals surface area (Å²) in [7, 11) is 1.80. The van der Waals surface area contributed by atoms with Crippen LogP contribution < -0.4 is 15.2 Å². The summed E-state index contributed by atoms with van der Waals surface area (Å²) < 4.78 is 32.1. The molecule has 1 saturated carbocycles. The van der Waals surface area contributed by atoms with E-state index in [-0.39, 0.29) is 33.3 Å². The lowest BCUT2D eigenvalue weighted by Crippen LogP contribution is -2.70. The Morgan fingerprint density at radius 3 is 2.53 bits per heavy atom. The molecule has 4 N–H and O–H groups in total. The molecule has 2 aromatic rings. The first kappa shape index (κ1) is 28.1. The van der Waals surface area contributed by atoms with Gasteiger partial charge in [0, 0.05) is 38.3 Å². The Hall–Kier alpha value is -2.90. The van der Waals surface area contributed by atoms with E-state index in [2.05, 4.69) is 4.72 Å². The van der Waals surface area contributed by atoms with E-state index in [1.54, 1.807) is 23.9 Å². The van der Waals surface area contributed by atoms with Gasteiger partial charge < -0.3 is 10.0 Å². The molecule has 1 aromatic heterocycles. The van der Waals surface area contributed by atoms with Gasteiger partial charge in [0.25, 0.3) is 5.91 Å². The normalized spacial score (nSPS) is 21.1. The van der Waals surface area contributed by atoms with Crippen molar-refractivity contribution in [3.63, 3.8) is 0 Å². The van der Waals surface area contributed by atoms with Crippen LogP contribution in [-0.2, 0) is 6.42 Å². The van der Waals surface area contributed by atoms with Crippen LogP contribution in [0.4, 0.5) is 8.78 Å². The minimum atomic E-state index is -0.892. The Labute approximate surface area is 227 Å². The van der Waals surface area contributed by atoms with Gasteiger partial charge in [-0.1, -0.05) is 29.8 Å². The van der Waals surface area contributed by atoms with Crippen LogP contribution in [0.15, 0.2) is 29.2 Å². The summed E-state index contributed by atoms with van der Waals surface area (Å²) in [6, 6.07) is 3.34. The Morgan fingerprint density at radius 2 is 1.92 bits per heavy atom. The van der Waals surface area contributed by atoms with Crippen molar-refractivity contribution in [1.29, 1.82) is 10.8 Å². The lowest BCUT2D eigenvalue weighted by molar-refractivity contribution is 0.0117. The highest BCUT2D eigenvalue weighted by atomic mass is 32.2. The first-order valence-electron chi connectivity index (χ1n) is 12.1. The van der Waals surface area contributed by atoms with Crippen LogP contribution in [0.3, 0.4) is 0 Å². The second-order valence-corrected chi connectivity index (χ2v) is 11.1. The molecule has 1 aromatic carbocycles. The topological polar surface area (TPSA) is 126 Å². The third-order valence-corrected chi connectivity index (χ3v) is 8.65. The summed E-state index contributed by atoms with van der Waals surface area (Å²) in [4.78, 5) is 28.3. The molecule has 13 heteroatoms. The molecule has 0 radical (unpaired) electrons. The molecule has 0 bridgehead atoms. The van der Waals surface area contributed by atoms with Crippen molar-refractivity contribution in [2.45, 2.75) is 50.7 Å². The third-order valence-electron chi connectivity index (χ3n) is 7.26. The van der Waals surface area contributed by atoms with Crippen molar-refractivity contribution in [2.24, 2.45) is 0 Å². The van der Waals surface area contributed by atoms with E-state index in [1.807, 2.05) is 18.2 Å². The molecule has 1 amide bonds. The minimum absolute atomic E-state index is 0.0835. The monoisotopic (exact) mass is 564 g/mol. The summed E-state index contributed by atoms with van der Waals surface area (Å²) in [5, 5.41) is 28.9. The highest BCUT2D eigenvalue weighted by molar-refractivity contribution is 8.26. The van der Waals surface area contributed by atoms with Crippen LogP contribution in [-0.4, -0.2) is 62.2 Å². The van der Waals surface area contributed by atoms with Gasteiger partial charge in [-0.15, -0.1) is 0 Å². The Balaban J connectivity index is 1.65. The molecule has 1 spiro atoms. The summed E-state index contributed by atoms with van der Waals surface area (Å²) in [5.41, 5.74) is -1.83. The second kappa shape index (κ2) is 11.1. The number of halogens is 2. The van der Waals surface area contributed by atoms with Crippen molar-refractivity contribution < 1.29 is 18.7 Å². The Kier molecular flexibility index (Phi) is 8.19. The zero-order valence-electron chi connectivity index (χ0n) is 21.3. The van der Waals surface area contributed by atoms with Crippen LogP contribution in [0.1, 0.15) is 54.2 Å². The number of rotatable bonds is 6. The van der Waals surface area contributed by atoms with Gasteiger partial charge in [0.15, 0.2) is 11.4 Å². The first-order chi connectivity index (χ1) is 18.0. The van der Waals surface area contributed by atoms with Crippen LogP contribution >= 0.6 is 23.7 Å². The minimum Gasteiger partial charge on any atom is -0.502 e. The molecule has 1 fully saturated rings.